The Hall–Kier alpha value is -2.07. The van der Waals surface area contributed by atoms with Crippen LogP contribution >= 0.6 is 0 Å². The van der Waals surface area contributed by atoms with Crippen molar-refractivity contribution in [3.05, 3.63) is 53.8 Å². The highest BCUT2D eigenvalue weighted by Crippen LogP contribution is 2.24. The number of hydrogen-bond acceptors (Lipinski definition) is 3. The Morgan fingerprint density at radius 1 is 1.27 bits per heavy atom. The van der Waals surface area contributed by atoms with E-state index in [-0.39, 0.29) is 5.91 Å². The van der Waals surface area contributed by atoms with Crippen LogP contribution in [-0.2, 0) is 4.79 Å². The van der Waals surface area contributed by atoms with Crippen LogP contribution in [0.4, 0.5) is 0 Å². The van der Waals surface area contributed by atoms with Crippen molar-refractivity contribution in [2.75, 3.05) is 6.61 Å². The average molecular weight is 300 g/mol. The summed E-state index contributed by atoms with van der Waals surface area (Å²) in [7, 11) is 0. The number of aryl methyl sites for hydroxylation is 1. The fourth-order valence-corrected chi connectivity index (χ4v) is 2.17. The highest BCUT2D eigenvalue weighted by atomic mass is 16.5. The minimum atomic E-state index is -0.494. The highest BCUT2D eigenvalue weighted by Gasteiger charge is 2.33. The van der Waals surface area contributed by atoms with Gasteiger partial charge in [0.15, 0.2) is 0 Å². The molecule has 4 nitrogen and oxygen atoms in total. The van der Waals surface area contributed by atoms with Crippen molar-refractivity contribution in [3.63, 3.8) is 0 Å². The molecule has 0 saturated carbocycles. The number of benzene rings is 1. The van der Waals surface area contributed by atoms with Gasteiger partial charge in [0.05, 0.1) is 5.70 Å². The van der Waals surface area contributed by atoms with Crippen molar-refractivity contribution < 1.29 is 9.53 Å². The number of hydrogen-bond donors (Lipinski definition) is 1. The molecule has 0 fully saturated rings. The summed E-state index contributed by atoms with van der Waals surface area (Å²) < 4.78 is 5.79. The zero-order chi connectivity index (χ0) is 16.3. The van der Waals surface area contributed by atoms with Crippen LogP contribution in [0.2, 0.25) is 0 Å². The molecular weight excluding hydrogens is 276 g/mol. The Bertz CT molecular complexity index is 595. The molecule has 1 amide bonds. The van der Waals surface area contributed by atoms with E-state index in [9.17, 15) is 4.79 Å². The monoisotopic (exact) mass is 300 g/mol. The Kier molecular flexibility index (Phi) is 4.71. The van der Waals surface area contributed by atoms with E-state index in [1.54, 1.807) is 11.0 Å². The molecule has 1 unspecified atom stereocenters. The molecule has 1 aliphatic heterocycles. The van der Waals surface area contributed by atoms with Gasteiger partial charge in [-0.25, -0.2) is 0 Å². The van der Waals surface area contributed by atoms with Crippen molar-refractivity contribution in [1.82, 2.24) is 4.90 Å². The zero-order valence-electron chi connectivity index (χ0n) is 13.7. The quantitative estimate of drug-likeness (QED) is 0.933. The summed E-state index contributed by atoms with van der Waals surface area (Å²) in [5, 5.41) is 0. The molecule has 2 N–H and O–H groups in total. The fourth-order valence-electron chi connectivity index (χ4n) is 2.17. The number of nitrogens with two attached hydrogens (primary N) is 1. The van der Waals surface area contributed by atoms with Crippen LogP contribution in [0.15, 0.2) is 48.2 Å². The molecule has 22 heavy (non-hydrogen) atoms. The molecule has 0 aliphatic carbocycles. The maximum absolute atomic E-state index is 12.6. The molecular formula is C18H24N2O2. The van der Waals surface area contributed by atoms with Crippen LogP contribution < -0.4 is 10.5 Å². The van der Waals surface area contributed by atoms with Gasteiger partial charge < -0.3 is 10.5 Å². The van der Waals surface area contributed by atoms with Gasteiger partial charge in [0.2, 0.25) is 5.91 Å². The molecule has 0 radical (unpaired) electrons. The number of allylic oxidation sites excluding steroid dienone is 2. The van der Waals surface area contributed by atoms with Gasteiger partial charge in [-0.15, -0.1) is 0 Å². The summed E-state index contributed by atoms with van der Waals surface area (Å²) in [5.74, 6) is 0.765. The zero-order valence-corrected chi connectivity index (χ0v) is 13.7. The third-order valence-corrected chi connectivity index (χ3v) is 3.47. The van der Waals surface area contributed by atoms with Crippen molar-refractivity contribution in [3.8, 4) is 5.75 Å². The highest BCUT2D eigenvalue weighted by molar-refractivity contribution is 5.84. The first-order chi connectivity index (χ1) is 10.3. The van der Waals surface area contributed by atoms with Gasteiger partial charge in [-0.05, 0) is 31.2 Å². The van der Waals surface area contributed by atoms with Crippen LogP contribution in [0.1, 0.15) is 26.3 Å². The second-order valence-electron chi connectivity index (χ2n) is 6.56. The van der Waals surface area contributed by atoms with Crippen LogP contribution in [0.5, 0.6) is 5.75 Å². The van der Waals surface area contributed by atoms with Gasteiger partial charge in [-0.1, -0.05) is 44.5 Å². The minimum Gasteiger partial charge on any atom is -0.487 e. The van der Waals surface area contributed by atoms with E-state index < -0.39 is 11.6 Å². The van der Waals surface area contributed by atoms with E-state index in [0.717, 1.165) is 11.4 Å². The maximum atomic E-state index is 12.6. The van der Waals surface area contributed by atoms with E-state index in [0.29, 0.717) is 6.61 Å². The Labute approximate surface area is 132 Å². The van der Waals surface area contributed by atoms with E-state index in [2.05, 4.69) is 0 Å². The molecule has 0 aromatic heterocycles. The molecule has 1 aliphatic rings. The largest absolute Gasteiger partial charge is 0.487 e. The number of carbonyl (C=O) groups is 1. The van der Waals surface area contributed by atoms with E-state index in [1.165, 1.54) is 5.56 Å². The first kappa shape index (κ1) is 16.3. The van der Waals surface area contributed by atoms with Gasteiger partial charge in [-0.3, -0.25) is 9.69 Å². The number of rotatable bonds is 3. The predicted molar refractivity (Wildman–Crippen MR) is 88.2 cm³/mol. The Morgan fingerprint density at radius 2 is 1.91 bits per heavy atom. The van der Waals surface area contributed by atoms with Gasteiger partial charge >= 0.3 is 0 Å². The summed E-state index contributed by atoms with van der Waals surface area (Å²) in [6, 6.07) is 7.83. The van der Waals surface area contributed by atoms with Crippen molar-refractivity contribution in [1.29, 1.82) is 0 Å². The van der Waals surface area contributed by atoms with Crippen molar-refractivity contribution in [2.24, 2.45) is 11.1 Å². The SMILES string of the molecule is Cc1ccc(OCC2=CC=CC(N)N2C(=O)C(C)(C)C)cc1. The normalized spacial score (nSPS) is 18.1. The van der Waals surface area contributed by atoms with Crippen LogP contribution in [0.25, 0.3) is 0 Å². The minimum absolute atomic E-state index is 0.0110. The molecule has 118 valence electrons. The molecule has 1 aromatic rings. The standard InChI is InChI=1S/C18H24N2O2/c1-13-8-10-15(11-9-13)22-12-14-6-5-7-16(19)20(14)17(21)18(2,3)4/h5-11,16H,12,19H2,1-4H3. The predicted octanol–water partition coefficient (Wildman–Crippen LogP) is 2.99. The number of amides is 1. The number of carbonyl (C=O) groups excluding carboxylic acids is 1. The third-order valence-electron chi connectivity index (χ3n) is 3.47. The van der Waals surface area contributed by atoms with Crippen LogP contribution in [0, 0.1) is 12.3 Å². The molecule has 0 bridgehead atoms. The van der Waals surface area contributed by atoms with Crippen molar-refractivity contribution in [2.45, 2.75) is 33.9 Å². The summed E-state index contributed by atoms with van der Waals surface area (Å²) >= 11 is 0. The third kappa shape index (κ3) is 3.77. The van der Waals surface area contributed by atoms with Crippen LogP contribution in [-0.4, -0.2) is 23.6 Å². The van der Waals surface area contributed by atoms with Crippen LogP contribution in [0.3, 0.4) is 0 Å². The Morgan fingerprint density at radius 3 is 2.50 bits per heavy atom. The van der Waals surface area contributed by atoms with E-state index in [1.807, 2.05) is 64.1 Å². The second kappa shape index (κ2) is 6.36. The molecule has 0 saturated heterocycles. The molecule has 4 heteroatoms. The summed E-state index contributed by atoms with van der Waals surface area (Å²) in [5.41, 5.74) is 7.54. The van der Waals surface area contributed by atoms with Crippen molar-refractivity contribution >= 4 is 5.91 Å². The molecule has 0 spiro atoms. The number of nitrogens with zero attached hydrogens (tertiary/aromatic N) is 1. The molecule has 1 heterocycles. The van der Waals surface area contributed by atoms with Gasteiger partial charge in [-0.2, -0.15) is 0 Å². The second-order valence-corrected chi connectivity index (χ2v) is 6.56. The lowest BCUT2D eigenvalue weighted by Crippen LogP contribution is -2.50. The molecule has 2 rings (SSSR count). The lowest BCUT2D eigenvalue weighted by molar-refractivity contribution is -0.139. The smallest absolute Gasteiger partial charge is 0.233 e. The first-order valence-electron chi connectivity index (χ1n) is 7.45. The average Bonchev–Trinajstić information content (AvgIpc) is 2.45. The molecule has 1 aromatic carbocycles. The topological polar surface area (TPSA) is 55.6 Å². The van der Waals surface area contributed by atoms with Gasteiger partial charge in [0, 0.05) is 5.41 Å². The fraction of sp³-hybridized carbons (Fsp3) is 0.389. The summed E-state index contributed by atoms with van der Waals surface area (Å²) in [6.45, 7) is 8.00. The number of ether oxygens (including phenoxy) is 1. The Balaban J connectivity index is 2.13. The van der Waals surface area contributed by atoms with E-state index >= 15 is 0 Å². The molecule has 1 atom stereocenters. The summed E-state index contributed by atoms with van der Waals surface area (Å²) in [6.07, 6.45) is 5.10. The van der Waals surface area contributed by atoms with Gasteiger partial charge in [0.25, 0.3) is 0 Å². The van der Waals surface area contributed by atoms with E-state index in [4.69, 9.17) is 10.5 Å². The first-order valence-corrected chi connectivity index (χ1v) is 7.45. The lowest BCUT2D eigenvalue weighted by atomic mass is 9.93. The van der Waals surface area contributed by atoms with Gasteiger partial charge in [0.1, 0.15) is 18.5 Å². The summed E-state index contributed by atoms with van der Waals surface area (Å²) in [4.78, 5) is 14.2. The lowest BCUT2D eigenvalue weighted by Gasteiger charge is -2.35. The maximum Gasteiger partial charge on any atom is 0.233 e.